The van der Waals surface area contributed by atoms with Crippen LogP contribution in [0.15, 0.2) is 35.7 Å². The van der Waals surface area contributed by atoms with E-state index >= 15 is 0 Å². The molecule has 7 heteroatoms. The summed E-state index contributed by atoms with van der Waals surface area (Å²) in [5.41, 5.74) is 1.25. The van der Waals surface area contributed by atoms with Gasteiger partial charge >= 0.3 is 0 Å². The second-order valence-electron chi connectivity index (χ2n) is 4.59. The number of rotatable bonds is 5. The summed E-state index contributed by atoms with van der Waals surface area (Å²) in [5, 5.41) is 24.9. The third-order valence-corrected chi connectivity index (χ3v) is 4.00. The molecule has 0 aliphatic rings. The van der Waals surface area contributed by atoms with Crippen molar-refractivity contribution in [3.63, 3.8) is 0 Å². The molecule has 0 saturated carbocycles. The van der Waals surface area contributed by atoms with Crippen molar-refractivity contribution in [2.24, 2.45) is 0 Å². The Morgan fingerprint density at radius 2 is 2.23 bits per heavy atom. The average molecular weight is 318 g/mol. The molecule has 2 rings (SSSR count). The molecule has 0 atom stereocenters. The van der Waals surface area contributed by atoms with Crippen LogP contribution in [0.4, 0.5) is 5.69 Å². The molecule has 6 nitrogen and oxygen atoms in total. The summed E-state index contributed by atoms with van der Waals surface area (Å²) in [6, 6.07) is 5.65. The molecule has 1 aromatic carbocycles. The molecule has 0 aliphatic carbocycles. The number of amides is 1. The third kappa shape index (κ3) is 3.92. The number of hydrogen-bond acceptors (Lipinski definition) is 5. The molecule has 0 radical (unpaired) electrons. The third-order valence-electron chi connectivity index (χ3n) is 3.01. The van der Waals surface area contributed by atoms with E-state index in [0.29, 0.717) is 5.56 Å². The van der Waals surface area contributed by atoms with Crippen LogP contribution < -0.4 is 5.32 Å². The van der Waals surface area contributed by atoms with E-state index in [0.717, 1.165) is 10.4 Å². The van der Waals surface area contributed by atoms with E-state index in [1.807, 2.05) is 18.4 Å². The Bertz CT molecular complexity index is 737. The lowest BCUT2D eigenvalue weighted by Crippen LogP contribution is -2.20. The van der Waals surface area contributed by atoms with E-state index in [9.17, 15) is 20.0 Å². The Balaban J connectivity index is 1.99. The molecule has 114 valence electrons. The summed E-state index contributed by atoms with van der Waals surface area (Å²) in [6.07, 6.45) is 3.11. The Morgan fingerprint density at radius 3 is 2.86 bits per heavy atom. The first-order chi connectivity index (χ1) is 10.5. The molecule has 0 spiro atoms. The number of carbonyl (C=O) groups excluding carboxylic acids is 1. The van der Waals surface area contributed by atoms with Gasteiger partial charge in [-0.2, -0.15) is 0 Å². The van der Waals surface area contributed by atoms with Crippen LogP contribution in [-0.2, 0) is 11.3 Å². The number of thiophene rings is 1. The van der Waals surface area contributed by atoms with Crippen LogP contribution in [0.25, 0.3) is 6.08 Å². The highest BCUT2D eigenvalue weighted by Crippen LogP contribution is 2.22. The van der Waals surface area contributed by atoms with Crippen molar-refractivity contribution in [3.05, 3.63) is 61.8 Å². The van der Waals surface area contributed by atoms with Crippen LogP contribution in [0, 0.1) is 17.0 Å². The van der Waals surface area contributed by atoms with Crippen molar-refractivity contribution in [1.29, 1.82) is 0 Å². The summed E-state index contributed by atoms with van der Waals surface area (Å²) < 4.78 is 0. The average Bonchev–Trinajstić information content (AvgIpc) is 2.89. The van der Waals surface area contributed by atoms with E-state index in [1.54, 1.807) is 6.08 Å². The highest BCUT2D eigenvalue weighted by atomic mass is 32.1. The number of aryl methyl sites for hydroxylation is 1. The number of hydrogen-bond donors (Lipinski definition) is 2. The van der Waals surface area contributed by atoms with Gasteiger partial charge in [0.2, 0.25) is 5.91 Å². The van der Waals surface area contributed by atoms with Crippen LogP contribution in [0.5, 0.6) is 5.75 Å². The lowest BCUT2D eigenvalue weighted by Gasteiger charge is -2.05. The zero-order valence-electron chi connectivity index (χ0n) is 11.8. The summed E-state index contributed by atoms with van der Waals surface area (Å²) in [6.45, 7) is 1.97. The molecule has 0 saturated heterocycles. The van der Waals surface area contributed by atoms with Gasteiger partial charge in [0.05, 0.1) is 4.92 Å². The lowest BCUT2D eigenvalue weighted by atomic mass is 10.1. The van der Waals surface area contributed by atoms with Gasteiger partial charge in [-0.05, 0) is 36.1 Å². The van der Waals surface area contributed by atoms with Crippen molar-refractivity contribution >= 4 is 29.0 Å². The topological polar surface area (TPSA) is 92.5 Å². The quantitative estimate of drug-likeness (QED) is 0.503. The first-order valence-corrected chi connectivity index (χ1v) is 7.31. The standard InChI is InChI=1S/C15H14N2O4S/c1-10-6-7-22-14(10)4-5-15(19)16-9-11-8-12(17(20)21)2-3-13(11)18/h2-8,18H,9H2,1H3,(H,16,19)/b5-4+. The molecule has 1 heterocycles. The van der Waals surface area contributed by atoms with Crippen LogP contribution in [0.3, 0.4) is 0 Å². The number of phenolic OH excluding ortho intramolecular Hbond substituents is 1. The molecular formula is C15H14N2O4S. The van der Waals surface area contributed by atoms with Gasteiger partial charge in [-0.1, -0.05) is 0 Å². The molecule has 0 bridgehead atoms. The minimum atomic E-state index is -0.551. The second-order valence-corrected chi connectivity index (χ2v) is 5.54. The smallest absolute Gasteiger partial charge is 0.270 e. The molecular weight excluding hydrogens is 304 g/mol. The number of nitro groups is 1. The van der Waals surface area contributed by atoms with Crippen molar-refractivity contribution in [3.8, 4) is 5.75 Å². The zero-order valence-corrected chi connectivity index (χ0v) is 12.6. The van der Waals surface area contributed by atoms with Gasteiger partial charge in [-0.3, -0.25) is 14.9 Å². The fraction of sp³-hybridized carbons (Fsp3) is 0.133. The first kappa shape index (κ1) is 15.7. The van der Waals surface area contributed by atoms with Crippen molar-refractivity contribution in [2.75, 3.05) is 0 Å². The number of non-ortho nitro benzene ring substituents is 1. The maximum absolute atomic E-state index is 11.7. The van der Waals surface area contributed by atoms with E-state index in [-0.39, 0.29) is 23.9 Å². The fourth-order valence-electron chi connectivity index (χ4n) is 1.77. The van der Waals surface area contributed by atoms with Crippen molar-refractivity contribution < 1.29 is 14.8 Å². The minimum Gasteiger partial charge on any atom is -0.508 e. The van der Waals surface area contributed by atoms with Crippen molar-refractivity contribution in [2.45, 2.75) is 13.5 Å². The van der Waals surface area contributed by atoms with Gasteiger partial charge in [0.25, 0.3) is 5.69 Å². The Kier molecular flexibility index (Phi) is 4.90. The minimum absolute atomic E-state index is 0.0140. The van der Waals surface area contributed by atoms with Gasteiger partial charge in [0.1, 0.15) is 5.75 Å². The molecule has 1 aromatic heterocycles. The number of phenols is 1. The van der Waals surface area contributed by atoms with Crippen LogP contribution in [0.2, 0.25) is 0 Å². The predicted octanol–water partition coefficient (Wildman–Crippen LogP) is 3.00. The SMILES string of the molecule is Cc1ccsc1/C=C/C(=O)NCc1cc([N+](=O)[O-])ccc1O. The largest absolute Gasteiger partial charge is 0.508 e. The van der Waals surface area contributed by atoms with Crippen LogP contribution in [-0.4, -0.2) is 15.9 Å². The lowest BCUT2D eigenvalue weighted by molar-refractivity contribution is -0.384. The predicted molar refractivity (Wildman–Crippen MR) is 84.7 cm³/mol. The molecule has 0 unspecified atom stereocenters. The summed E-state index contributed by atoms with van der Waals surface area (Å²) in [7, 11) is 0. The van der Waals surface area contributed by atoms with Crippen molar-refractivity contribution in [1.82, 2.24) is 5.32 Å². The van der Waals surface area contributed by atoms with Gasteiger partial charge < -0.3 is 10.4 Å². The maximum Gasteiger partial charge on any atom is 0.270 e. The Morgan fingerprint density at radius 1 is 1.45 bits per heavy atom. The van der Waals surface area contributed by atoms with Gasteiger partial charge in [0.15, 0.2) is 0 Å². The second kappa shape index (κ2) is 6.86. The zero-order chi connectivity index (χ0) is 16.1. The number of nitrogens with one attached hydrogen (secondary N) is 1. The number of nitrogens with zero attached hydrogens (tertiary/aromatic N) is 1. The highest BCUT2D eigenvalue weighted by molar-refractivity contribution is 7.11. The summed E-state index contributed by atoms with van der Waals surface area (Å²) in [5.74, 6) is -0.428. The molecule has 1 amide bonds. The molecule has 0 aliphatic heterocycles. The normalized spacial score (nSPS) is 10.8. The number of carbonyl (C=O) groups is 1. The van der Waals surface area contributed by atoms with Gasteiger partial charge in [-0.15, -0.1) is 11.3 Å². The molecule has 2 aromatic rings. The fourth-order valence-corrected chi connectivity index (χ4v) is 2.59. The van der Waals surface area contributed by atoms with Crippen LogP contribution >= 0.6 is 11.3 Å². The summed E-state index contributed by atoms with van der Waals surface area (Å²) in [4.78, 5) is 22.9. The Labute approximate surface area is 130 Å². The molecule has 22 heavy (non-hydrogen) atoms. The van der Waals surface area contributed by atoms with Gasteiger partial charge in [-0.25, -0.2) is 0 Å². The van der Waals surface area contributed by atoms with E-state index < -0.39 is 4.92 Å². The summed E-state index contributed by atoms with van der Waals surface area (Å²) >= 11 is 1.53. The molecule has 2 N–H and O–H groups in total. The number of benzene rings is 1. The Hall–Kier alpha value is -2.67. The number of nitro benzene ring substituents is 1. The highest BCUT2D eigenvalue weighted by Gasteiger charge is 2.10. The molecule has 0 fully saturated rings. The van der Waals surface area contributed by atoms with E-state index in [4.69, 9.17) is 0 Å². The van der Waals surface area contributed by atoms with Crippen LogP contribution in [0.1, 0.15) is 16.0 Å². The van der Waals surface area contributed by atoms with E-state index in [2.05, 4.69) is 5.32 Å². The first-order valence-electron chi connectivity index (χ1n) is 6.43. The van der Waals surface area contributed by atoms with E-state index in [1.165, 1.54) is 35.6 Å². The maximum atomic E-state index is 11.7. The van der Waals surface area contributed by atoms with Gasteiger partial charge in [0, 0.05) is 35.2 Å². The monoisotopic (exact) mass is 318 g/mol. The number of aromatic hydroxyl groups is 1.